The fraction of sp³-hybridized carbons (Fsp3) is 0.462. The van der Waals surface area contributed by atoms with Crippen LogP contribution < -0.4 is 10.1 Å². The molecule has 0 saturated carbocycles. The number of carbonyl (C=O) groups excluding carboxylic acids is 1. The molecule has 0 fully saturated rings. The van der Waals surface area contributed by atoms with Gasteiger partial charge in [0.2, 0.25) is 5.91 Å². The lowest BCUT2D eigenvalue weighted by molar-refractivity contribution is -0.128. The van der Waals surface area contributed by atoms with Crippen LogP contribution >= 0.6 is 23.2 Å². The molecule has 100 valence electrons. The molecule has 1 amide bonds. The van der Waals surface area contributed by atoms with Crippen molar-refractivity contribution in [3.05, 3.63) is 28.8 Å². The van der Waals surface area contributed by atoms with E-state index in [1.807, 2.05) is 0 Å². The van der Waals surface area contributed by atoms with Crippen molar-refractivity contribution in [3.8, 4) is 5.75 Å². The zero-order chi connectivity index (χ0) is 13.8. The average molecular weight is 290 g/mol. The van der Waals surface area contributed by atoms with Crippen LogP contribution in [0.5, 0.6) is 5.75 Å². The highest BCUT2D eigenvalue weighted by Gasteiger charge is 2.26. The van der Waals surface area contributed by atoms with E-state index in [9.17, 15) is 4.79 Å². The monoisotopic (exact) mass is 289 g/mol. The first kappa shape index (κ1) is 15.1. The molecule has 0 aliphatic carbocycles. The van der Waals surface area contributed by atoms with Gasteiger partial charge in [0.05, 0.1) is 12.5 Å². The number of rotatable bonds is 5. The van der Waals surface area contributed by atoms with Crippen molar-refractivity contribution >= 4 is 29.1 Å². The summed E-state index contributed by atoms with van der Waals surface area (Å²) in [6.07, 6.45) is 0. The molecule has 1 rings (SSSR count). The number of hydrogen-bond donors (Lipinski definition) is 1. The van der Waals surface area contributed by atoms with Crippen molar-refractivity contribution in [2.24, 2.45) is 5.41 Å². The van der Waals surface area contributed by atoms with Crippen LogP contribution in [-0.2, 0) is 11.3 Å². The van der Waals surface area contributed by atoms with E-state index in [1.54, 1.807) is 39.2 Å². The molecule has 0 heterocycles. The zero-order valence-electron chi connectivity index (χ0n) is 10.7. The molecule has 0 spiro atoms. The smallest absolute Gasteiger partial charge is 0.227 e. The predicted molar refractivity (Wildman–Crippen MR) is 74.4 cm³/mol. The van der Waals surface area contributed by atoms with E-state index in [2.05, 4.69) is 5.32 Å². The van der Waals surface area contributed by atoms with Crippen LogP contribution in [-0.4, -0.2) is 18.9 Å². The van der Waals surface area contributed by atoms with Crippen LogP contribution in [0.4, 0.5) is 0 Å². The predicted octanol–water partition coefficient (Wildman–Crippen LogP) is 3.23. The van der Waals surface area contributed by atoms with Crippen LogP contribution in [0.3, 0.4) is 0 Å². The first-order chi connectivity index (χ1) is 8.42. The van der Waals surface area contributed by atoms with E-state index in [4.69, 9.17) is 27.9 Å². The molecule has 0 radical (unpaired) electrons. The molecule has 0 atom stereocenters. The van der Waals surface area contributed by atoms with Gasteiger partial charge in [0.1, 0.15) is 5.75 Å². The Morgan fingerprint density at radius 1 is 1.44 bits per heavy atom. The Balaban J connectivity index is 2.78. The number of nitrogens with one attached hydrogen (secondary N) is 1. The Hall–Kier alpha value is -0.930. The van der Waals surface area contributed by atoms with Gasteiger partial charge in [-0.3, -0.25) is 4.79 Å². The van der Waals surface area contributed by atoms with Crippen molar-refractivity contribution in [1.82, 2.24) is 5.32 Å². The number of methoxy groups -OCH3 is 1. The lowest BCUT2D eigenvalue weighted by Crippen LogP contribution is -2.37. The van der Waals surface area contributed by atoms with E-state index in [0.29, 0.717) is 17.3 Å². The molecule has 0 aliphatic heterocycles. The second-order valence-electron chi connectivity index (χ2n) is 4.62. The Kier molecular flexibility index (Phi) is 5.29. The number of ether oxygens (including phenoxy) is 1. The van der Waals surface area contributed by atoms with Crippen LogP contribution in [0.15, 0.2) is 18.2 Å². The lowest BCUT2D eigenvalue weighted by Gasteiger charge is -2.21. The topological polar surface area (TPSA) is 38.3 Å². The first-order valence-electron chi connectivity index (χ1n) is 5.58. The van der Waals surface area contributed by atoms with Crippen molar-refractivity contribution in [2.45, 2.75) is 20.4 Å². The molecule has 1 aromatic rings. The SMILES string of the molecule is COc1cccc(Cl)c1CNC(=O)C(C)(C)CCl. The molecule has 0 unspecified atom stereocenters. The summed E-state index contributed by atoms with van der Waals surface area (Å²) in [6.45, 7) is 3.90. The zero-order valence-corrected chi connectivity index (χ0v) is 12.2. The molecular weight excluding hydrogens is 273 g/mol. The number of halogens is 2. The highest BCUT2D eigenvalue weighted by atomic mass is 35.5. The van der Waals surface area contributed by atoms with E-state index >= 15 is 0 Å². The van der Waals surface area contributed by atoms with Gasteiger partial charge < -0.3 is 10.1 Å². The van der Waals surface area contributed by atoms with Crippen molar-refractivity contribution in [3.63, 3.8) is 0 Å². The second kappa shape index (κ2) is 6.30. The van der Waals surface area contributed by atoms with Crippen LogP contribution in [0.1, 0.15) is 19.4 Å². The highest BCUT2D eigenvalue weighted by Crippen LogP contribution is 2.26. The number of hydrogen-bond acceptors (Lipinski definition) is 2. The Bertz CT molecular complexity index is 433. The molecule has 1 aromatic carbocycles. The Morgan fingerprint density at radius 2 is 2.11 bits per heavy atom. The number of carbonyl (C=O) groups is 1. The van der Waals surface area contributed by atoms with Gasteiger partial charge in [0, 0.05) is 23.0 Å². The van der Waals surface area contributed by atoms with Gasteiger partial charge in [-0.05, 0) is 26.0 Å². The fourth-order valence-corrected chi connectivity index (χ4v) is 1.72. The number of alkyl halides is 1. The largest absolute Gasteiger partial charge is 0.496 e. The van der Waals surface area contributed by atoms with E-state index in [-0.39, 0.29) is 11.8 Å². The van der Waals surface area contributed by atoms with Crippen molar-refractivity contribution in [1.29, 1.82) is 0 Å². The lowest BCUT2D eigenvalue weighted by atomic mass is 9.95. The summed E-state index contributed by atoms with van der Waals surface area (Å²) in [6, 6.07) is 5.37. The molecule has 0 aromatic heterocycles. The maximum atomic E-state index is 11.9. The van der Waals surface area contributed by atoms with Crippen molar-refractivity contribution in [2.75, 3.05) is 13.0 Å². The summed E-state index contributed by atoms with van der Waals surface area (Å²) in [7, 11) is 1.57. The minimum Gasteiger partial charge on any atom is -0.496 e. The van der Waals surface area contributed by atoms with E-state index in [0.717, 1.165) is 5.56 Å². The summed E-state index contributed by atoms with van der Waals surface area (Å²) in [5.74, 6) is 0.810. The second-order valence-corrected chi connectivity index (χ2v) is 5.30. The molecule has 0 bridgehead atoms. The summed E-state index contributed by atoms with van der Waals surface area (Å²) >= 11 is 11.8. The number of amides is 1. The standard InChI is InChI=1S/C13H17Cl2NO2/c1-13(2,8-14)12(17)16-7-9-10(15)5-4-6-11(9)18-3/h4-6H,7-8H2,1-3H3,(H,16,17). The van der Waals surface area contributed by atoms with Gasteiger partial charge in [0.15, 0.2) is 0 Å². The minimum absolute atomic E-state index is 0.112. The summed E-state index contributed by atoms with van der Waals surface area (Å²) in [5, 5.41) is 3.39. The van der Waals surface area contributed by atoms with Gasteiger partial charge in [-0.2, -0.15) is 0 Å². The summed E-state index contributed by atoms with van der Waals surface area (Å²) < 4.78 is 5.21. The van der Waals surface area contributed by atoms with Gasteiger partial charge in [-0.15, -0.1) is 11.6 Å². The third-order valence-corrected chi connectivity index (χ3v) is 3.69. The third kappa shape index (κ3) is 3.53. The van der Waals surface area contributed by atoms with E-state index < -0.39 is 5.41 Å². The normalized spacial score (nSPS) is 11.2. The molecular formula is C13H17Cl2NO2. The van der Waals surface area contributed by atoms with E-state index in [1.165, 1.54) is 0 Å². The molecule has 18 heavy (non-hydrogen) atoms. The average Bonchev–Trinajstić information content (AvgIpc) is 2.36. The molecule has 3 nitrogen and oxygen atoms in total. The summed E-state index contributed by atoms with van der Waals surface area (Å²) in [4.78, 5) is 11.9. The van der Waals surface area contributed by atoms with Gasteiger partial charge in [-0.1, -0.05) is 17.7 Å². The molecule has 0 saturated heterocycles. The summed E-state index contributed by atoms with van der Waals surface area (Å²) in [5.41, 5.74) is 0.163. The Morgan fingerprint density at radius 3 is 2.67 bits per heavy atom. The minimum atomic E-state index is -0.601. The maximum Gasteiger partial charge on any atom is 0.227 e. The van der Waals surface area contributed by atoms with Gasteiger partial charge >= 0.3 is 0 Å². The third-order valence-electron chi connectivity index (χ3n) is 2.67. The highest BCUT2D eigenvalue weighted by molar-refractivity contribution is 6.31. The van der Waals surface area contributed by atoms with Crippen molar-refractivity contribution < 1.29 is 9.53 Å². The molecule has 0 aliphatic rings. The number of benzene rings is 1. The van der Waals surface area contributed by atoms with Crippen LogP contribution in [0.25, 0.3) is 0 Å². The maximum absolute atomic E-state index is 11.9. The van der Waals surface area contributed by atoms with Crippen LogP contribution in [0.2, 0.25) is 5.02 Å². The molecule has 5 heteroatoms. The molecule has 1 N–H and O–H groups in total. The van der Waals surface area contributed by atoms with Crippen LogP contribution in [0, 0.1) is 5.41 Å². The van der Waals surface area contributed by atoms with Gasteiger partial charge in [-0.25, -0.2) is 0 Å². The first-order valence-corrected chi connectivity index (χ1v) is 6.49. The quantitative estimate of drug-likeness (QED) is 0.845. The Labute approximate surface area is 117 Å². The van der Waals surface area contributed by atoms with Gasteiger partial charge in [0.25, 0.3) is 0 Å². The fourth-order valence-electron chi connectivity index (χ4n) is 1.37.